The second-order valence-corrected chi connectivity index (χ2v) is 7.39. The Morgan fingerprint density at radius 2 is 1.50 bits per heavy atom. The van der Waals surface area contributed by atoms with Crippen LogP contribution in [0.15, 0.2) is 30.3 Å². The molecule has 1 saturated heterocycles. The number of rotatable bonds is 1. The number of nitrogens with zero attached hydrogens (tertiary/aromatic N) is 5. The van der Waals surface area contributed by atoms with Crippen LogP contribution in [0.5, 0.6) is 0 Å². The summed E-state index contributed by atoms with van der Waals surface area (Å²) in [7, 11) is 2.12. The van der Waals surface area contributed by atoms with E-state index in [9.17, 15) is 9.59 Å². The summed E-state index contributed by atoms with van der Waals surface area (Å²) >= 11 is 0. The molecule has 0 unspecified atom stereocenters. The fourth-order valence-corrected chi connectivity index (χ4v) is 3.77. The van der Waals surface area contributed by atoms with Crippen LogP contribution in [0, 0.1) is 6.92 Å². The Balaban J connectivity index is 1.60. The lowest BCUT2D eigenvalue weighted by Crippen LogP contribution is -2.44. The molecule has 2 aromatic heterocycles. The average Bonchev–Trinajstić information content (AvgIpc) is 2.71. The number of benzene rings is 1. The Hall–Kier alpha value is -3.19. The monoisotopic (exact) mass is 373 g/mol. The Kier molecular flexibility index (Phi) is 3.73. The van der Waals surface area contributed by atoms with Crippen LogP contribution in [0.2, 0.25) is 0 Å². The minimum Gasteiger partial charge on any atom is -0.369 e. The van der Waals surface area contributed by atoms with E-state index < -0.39 is 0 Å². The summed E-state index contributed by atoms with van der Waals surface area (Å²) in [4.78, 5) is 43.7. The third kappa shape index (κ3) is 2.58. The molecule has 1 fully saturated rings. The number of hydrogen-bond acceptors (Lipinski definition) is 7. The van der Waals surface area contributed by atoms with Gasteiger partial charge in [0.2, 0.25) is 11.6 Å². The Morgan fingerprint density at radius 3 is 2.29 bits per heavy atom. The molecule has 1 aliphatic carbocycles. The first-order chi connectivity index (χ1) is 13.5. The van der Waals surface area contributed by atoms with Crippen molar-refractivity contribution in [2.45, 2.75) is 6.92 Å². The number of aryl methyl sites for hydroxylation is 1. The fraction of sp³-hybridized carbons (Fsp3) is 0.286. The summed E-state index contributed by atoms with van der Waals surface area (Å²) < 4.78 is 0. The second-order valence-electron chi connectivity index (χ2n) is 7.39. The van der Waals surface area contributed by atoms with Gasteiger partial charge in [0.25, 0.3) is 0 Å². The standard InChI is InChI=1S/C21H19N5O2/c1-12-3-5-14-17(22-12)21(28)19-18(20(14)27)23-15-6-4-13(11-16(15)24-19)26-9-7-25(2)8-10-26/h3-6,11H,7-10H2,1-2H3. The molecular weight excluding hydrogens is 354 g/mol. The van der Waals surface area contributed by atoms with Crippen LogP contribution < -0.4 is 4.90 Å². The number of carbonyl (C=O) groups excluding carboxylic acids is 2. The molecule has 3 heterocycles. The predicted molar refractivity (Wildman–Crippen MR) is 105 cm³/mol. The van der Waals surface area contributed by atoms with Crippen LogP contribution in [-0.4, -0.2) is 64.6 Å². The van der Waals surface area contributed by atoms with Crippen molar-refractivity contribution in [3.8, 4) is 0 Å². The Labute approximate surface area is 162 Å². The van der Waals surface area contributed by atoms with Crippen LogP contribution in [0.3, 0.4) is 0 Å². The molecule has 0 atom stereocenters. The summed E-state index contributed by atoms with van der Waals surface area (Å²) in [5.74, 6) is -0.637. The van der Waals surface area contributed by atoms with E-state index in [1.54, 1.807) is 19.1 Å². The van der Waals surface area contributed by atoms with Crippen molar-refractivity contribution in [1.82, 2.24) is 19.9 Å². The van der Waals surface area contributed by atoms with E-state index in [0.29, 0.717) is 22.3 Å². The van der Waals surface area contributed by atoms with Gasteiger partial charge in [0.1, 0.15) is 17.1 Å². The van der Waals surface area contributed by atoms with Crippen molar-refractivity contribution < 1.29 is 9.59 Å². The highest BCUT2D eigenvalue weighted by atomic mass is 16.1. The van der Waals surface area contributed by atoms with Gasteiger partial charge in [0, 0.05) is 37.6 Å². The molecule has 28 heavy (non-hydrogen) atoms. The van der Waals surface area contributed by atoms with E-state index >= 15 is 0 Å². The number of ketones is 2. The molecule has 2 aliphatic rings. The van der Waals surface area contributed by atoms with E-state index in [2.05, 4.69) is 31.8 Å². The van der Waals surface area contributed by atoms with Gasteiger partial charge in [-0.2, -0.15) is 0 Å². The summed E-state index contributed by atoms with van der Waals surface area (Å²) in [6.07, 6.45) is 0. The van der Waals surface area contributed by atoms with Crippen LogP contribution in [-0.2, 0) is 0 Å². The maximum atomic E-state index is 12.9. The van der Waals surface area contributed by atoms with Crippen LogP contribution >= 0.6 is 0 Å². The van der Waals surface area contributed by atoms with E-state index in [0.717, 1.165) is 31.9 Å². The highest BCUT2D eigenvalue weighted by Gasteiger charge is 2.34. The predicted octanol–water partition coefficient (Wildman–Crippen LogP) is 1.86. The molecule has 1 aliphatic heterocycles. The normalized spacial score (nSPS) is 17.0. The SMILES string of the molecule is Cc1ccc2c(n1)C(=O)c1nc3cc(N4CCN(C)CC4)ccc3nc1C2=O. The van der Waals surface area contributed by atoms with Gasteiger partial charge in [-0.1, -0.05) is 0 Å². The van der Waals surface area contributed by atoms with Crippen molar-refractivity contribution in [3.63, 3.8) is 0 Å². The minimum atomic E-state index is -0.340. The molecule has 0 radical (unpaired) electrons. The first-order valence-electron chi connectivity index (χ1n) is 9.33. The van der Waals surface area contributed by atoms with Crippen molar-refractivity contribution in [2.75, 3.05) is 38.1 Å². The largest absolute Gasteiger partial charge is 0.369 e. The minimum absolute atomic E-state index is 0.0960. The van der Waals surface area contributed by atoms with Crippen molar-refractivity contribution in [3.05, 3.63) is 58.7 Å². The summed E-state index contributed by atoms with van der Waals surface area (Å²) in [5.41, 5.74) is 3.65. The molecule has 3 aromatic rings. The van der Waals surface area contributed by atoms with Gasteiger partial charge in [-0.05, 0) is 44.3 Å². The summed E-state index contributed by atoms with van der Waals surface area (Å²) in [6.45, 7) is 5.68. The van der Waals surface area contributed by atoms with E-state index in [-0.39, 0.29) is 28.6 Å². The lowest BCUT2D eigenvalue weighted by Gasteiger charge is -2.34. The molecule has 0 N–H and O–H groups in total. The number of carbonyl (C=O) groups is 2. The van der Waals surface area contributed by atoms with Gasteiger partial charge in [-0.25, -0.2) is 15.0 Å². The zero-order valence-electron chi connectivity index (χ0n) is 15.8. The Morgan fingerprint density at radius 1 is 0.786 bits per heavy atom. The van der Waals surface area contributed by atoms with Gasteiger partial charge in [0.05, 0.1) is 16.6 Å². The molecular formula is C21H19N5O2. The molecule has 5 rings (SSSR count). The van der Waals surface area contributed by atoms with Gasteiger partial charge < -0.3 is 9.80 Å². The smallest absolute Gasteiger partial charge is 0.232 e. The molecule has 0 saturated carbocycles. The highest BCUT2D eigenvalue weighted by Crippen LogP contribution is 2.28. The van der Waals surface area contributed by atoms with E-state index in [1.165, 1.54) is 0 Å². The average molecular weight is 373 g/mol. The number of hydrogen-bond donors (Lipinski definition) is 0. The Bertz CT molecular complexity index is 1150. The number of fused-ring (bicyclic) bond motifs is 3. The van der Waals surface area contributed by atoms with Gasteiger partial charge in [0.15, 0.2) is 0 Å². The first-order valence-corrected chi connectivity index (χ1v) is 9.33. The summed E-state index contributed by atoms with van der Waals surface area (Å²) in [5, 5.41) is 0. The molecule has 0 bridgehead atoms. The van der Waals surface area contributed by atoms with Gasteiger partial charge >= 0.3 is 0 Å². The molecule has 140 valence electrons. The van der Waals surface area contributed by atoms with Crippen LogP contribution in [0.1, 0.15) is 37.9 Å². The number of piperazine rings is 1. The van der Waals surface area contributed by atoms with E-state index in [1.807, 2.05) is 18.2 Å². The molecule has 7 nitrogen and oxygen atoms in total. The number of aromatic nitrogens is 3. The third-order valence-electron chi connectivity index (χ3n) is 5.44. The molecule has 0 spiro atoms. The number of anilines is 1. The zero-order chi connectivity index (χ0) is 19.4. The lowest BCUT2D eigenvalue weighted by atomic mass is 9.93. The first kappa shape index (κ1) is 16.9. The number of pyridine rings is 1. The van der Waals surface area contributed by atoms with Crippen molar-refractivity contribution >= 4 is 28.3 Å². The third-order valence-corrected chi connectivity index (χ3v) is 5.44. The quantitative estimate of drug-likeness (QED) is 0.504. The summed E-state index contributed by atoms with van der Waals surface area (Å²) in [6, 6.07) is 9.19. The zero-order valence-corrected chi connectivity index (χ0v) is 15.8. The van der Waals surface area contributed by atoms with Gasteiger partial charge in [-0.3, -0.25) is 9.59 Å². The van der Waals surface area contributed by atoms with E-state index in [4.69, 9.17) is 0 Å². The van der Waals surface area contributed by atoms with Crippen LogP contribution in [0.25, 0.3) is 11.0 Å². The van der Waals surface area contributed by atoms with Gasteiger partial charge in [-0.15, -0.1) is 0 Å². The topological polar surface area (TPSA) is 79.3 Å². The number of likely N-dealkylation sites (N-methyl/N-ethyl adjacent to an activating group) is 1. The lowest BCUT2D eigenvalue weighted by molar-refractivity contribution is 0.0968. The van der Waals surface area contributed by atoms with Crippen molar-refractivity contribution in [2.24, 2.45) is 0 Å². The molecule has 0 amide bonds. The second kappa shape index (κ2) is 6.17. The maximum Gasteiger partial charge on any atom is 0.232 e. The highest BCUT2D eigenvalue weighted by molar-refractivity contribution is 6.26. The maximum absolute atomic E-state index is 12.9. The molecule has 7 heteroatoms. The van der Waals surface area contributed by atoms with Crippen LogP contribution in [0.4, 0.5) is 5.69 Å². The fourth-order valence-electron chi connectivity index (χ4n) is 3.77. The molecule has 1 aromatic carbocycles. The van der Waals surface area contributed by atoms with Crippen molar-refractivity contribution in [1.29, 1.82) is 0 Å².